The van der Waals surface area contributed by atoms with Crippen LogP contribution >= 0.6 is 69.6 Å². The molecule has 0 N–H and O–H groups in total. The fraction of sp³-hybridized carbons (Fsp3) is 0.0526. The second-order valence-electron chi connectivity index (χ2n) is 5.57. The van der Waals surface area contributed by atoms with E-state index in [0.29, 0.717) is 27.4 Å². The number of hydrogen-bond acceptors (Lipinski definition) is 3. The number of esters is 1. The summed E-state index contributed by atoms with van der Waals surface area (Å²) in [6, 6.07) is 7.59. The number of aromatic nitrogens is 1. The first-order valence-electron chi connectivity index (χ1n) is 7.61. The van der Waals surface area contributed by atoms with E-state index in [1.165, 1.54) is 31.5 Å². The van der Waals surface area contributed by atoms with Gasteiger partial charge >= 0.3 is 5.97 Å². The van der Waals surface area contributed by atoms with Crippen LogP contribution in [0.3, 0.4) is 0 Å². The maximum absolute atomic E-state index is 12.4. The average Bonchev–Trinajstić information content (AvgIpc) is 2.66. The molecule has 0 spiro atoms. The second-order valence-corrected chi connectivity index (χ2v) is 8.01. The minimum absolute atomic E-state index is 0.218. The van der Waals surface area contributed by atoms with Crippen molar-refractivity contribution in [1.29, 1.82) is 0 Å². The Bertz CT molecular complexity index is 1100. The highest BCUT2D eigenvalue weighted by molar-refractivity contribution is 6.45. The lowest BCUT2D eigenvalue weighted by Crippen LogP contribution is -2.06. The van der Waals surface area contributed by atoms with Crippen LogP contribution in [-0.4, -0.2) is 18.1 Å². The monoisotopic (exact) mass is 493 g/mol. The van der Waals surface area contributed by atoms with E-state index in [0.717, 1.165) is 0 Å². The Labute approximate surface area is 191 Å². The molecular weight excluding hydrogens is 487 g/mol. The number of pyridine rings is 1. The molecule has 9 heteroatoms. The molecule has 3 aromatic rings. The predicted molar refractivity (Wildman–Crippen MR) is 117 cm³/mol. The third kappa shape index (κ3) is 4.06. The molecule has 0 amide bonds. The SMILES string of the molecule is COC(=O)c1ccnc(-c2cc(Cl)c(Cl)cc2Cl)c1-c1cc(Cl)c(Cl)cc1Cl. The predicted octanol–water partition coefficient (Wildman–Crippen LogP) is 8.12. The van der Waals surface area contributed by atoms with Gasteiger partial charge < -0.3 is 4.74 Å². The van der Waals surface area contributed by atoms with E-state index < -0.39 is 5.97 Å². The highest BCUT2D eigenvalue weighted by Gasteiger charge is 2.23. The van der Waals surface area contributed by atoms with Gasteiger partial charge in [0, 0.05) is 22.9 Å². The molecule has 3 nitrogen and oxygen atoms in total. The highest BCUT2D eigenvalue weighted by Crippen LogP contribution is 2.44. The van der Waals surface area contributed by atoms with Gasteiger partial charge in [-0.15, -0.1) is 0 Å². The lowest BCUT2D eigenvalue weighted by molar-refractivity contribution is 0.0601. The number of carbonyl (C=O) groups excluding carboxylic acids is 1. The summed E-state index contributed by atoms with van der Waals surface area (Å²) in [5, 5.41) is 1.65. The van der Waals surface area contributed by atoms with Gasteiger partial charge in [-0.3, -0.25) is 4.98 Å². The number of benzene rings is 2. The minimum Gasteiger partial charge on any atom is -0.465 e. The summed E-state index contributed by atoms with van der Waals surface area (Å²) in [7, 11) is 1.27. The lowest BCUT2D eigenvalue weighted by atomic mass is 9.94. The van der Waals surface area contributed by atoms with E-state index in [4.69, 9.17) is 74.3 Å². The third-order valence-electron chi connectivity index (χ3n) is 3.90. The molecule has 1 heterocycles. The summed E-state index contributed by atoms with van der Waals surface area (Å²) in [4.78, 5) is 16.8. The second kappa shape index (κ2) is 8.66. The molecule has 1 aromatic heterocycles. The Morgan fingerprint density at radius 3 is 1.86 bits per heavy atom. The maximum atomic E-state index is 12.4. The standard InChI is InChI=1S/C19H9Cl6NO2/c1-28-19(27)8-2-3-26-18(10-5-14(23)16(25)7-12(10)21)17(8)9-4-13(22)15(24)6-11(9)20/h2-7H,1H3. The van der Waals surface area contributed by atoms with Gasteiger partial charge in [0.2, 0.25) is 0 Å². The third-order valence-corrected chi connectivity index (χ3v) is 5.97. The van der Waals surface area contributed by atoms with Crippen LogP contribution in [0.4, 0.5) is 0 Å². The van der Waals surface area contributed by atoms with Gasteiger partial charge in [0.15, 0.2) is 0 Å². The molecule has 0 bridgehead atoms. The molecule has 28 heavy (non-hydrogen) atoms. The lowest BCUT2D eigenvalue weighted by Gasteiger charge is -2.16. The molecule has 0 saturated carbocycles. The maximum Gasteiger partial charge on any atom is 0.338 e. The number of carbonyl (C=O) groups is 1. The van der Waals surface area contributed by atoms with Crippen LogP contribution in [0.2, 0.25) is 30.1 Å². The van der Waals surface area contributed by atoms with Gasteiger partial charge in [-0.2, -0.15) is 0 Å². The number of nitrogens with zero attached hydrogens (tertiary/aromatic N) is 1. The van der Waals surface area contributed by atoms with Crippen molar-refractivity contribution in [3.63, 3.8) is 0 Å². The van der Waals surface area contributed by atoms with Crippen molar-refractivity contribution in [3.8, 4) is 22.4 Å². The first-order chi connectivity index (χ1) is 13.2. The van der Waals surface area contributed by atoms with Crippen LogP contribution in [-0.2, 0) is 4.74 Å². The summed E-state index contributed by atoms with van der Waals surface area (Å²) >= 11 is 37.2. The average molecular weight is 496 g/mol. The Morgan fingerprint density at radius 2 is 1.29 bits per heavy atom. The topological polar surface area (TPSA) is 39.2 Å². The number of ether oxygens (including phenoxy) is 1. The molecule has 0 unspecified atom stereocenters. The Balaban J connectivity index is 2.42. The zero-order valence-corrected chi connectivity index (χ0v) is 18.5. The van der Waals surface area contributed by atoms with Crippen molar-refractivity contribution >= 4 is 75.6 Å². The van der Waals surface area contributed by atoms with Gasteiger partial charge in [-0.1, -0.05) is 69.6 Å². The van der Waals surface area contributed by atoms with Crippen LogP contribution in [0.5, 0.6) is 0 Å². The van der Waals surface area contributed by atoms with E-state index in [-0.39, 0.29) is 30.7 Å². The first kappa shape index (κ1) is 21.5. The Kier molecular flexibility index (Phi) is 6.65. The Hall–Kier alpha value is -1.20. The molecule has 0 aliphatic heterocycles. The van der Waals surface area contributed by atoms with Crippen LogP contribution < -0.4 is 0 Å². The van der Waals surface area contributed by atoms with Crippen molar-refractivity contribution < 1.29 is 9.53 Å². The van der Waals surface area contributed by atoms with Crippen molar-refractivity contribution in [1.82, 2.24) is 4.98 Å². The summed E-state index contributed by atoms with van der Waals surface area (Å²) < 4.78 is 4.91. The van der Waals surface area contributed by atoms with Gasteiger partial charge in [0.1, 0.15) is 0 Å². The largest absolute Gasteiger partial charge is 0.465 e. The van der Waals surface area contributed by atoms with Crippen molar-refractivity contribution in [2.75, 3.05) is 7.11 Å². The molecule has 0 saturated heterocycles. The Morgan fingerprint density at radius 1 is 0.786 bits per heavy atom. The van der Waals surface area contributed by atoms with Gasteiger partial charge in [-0.25, -0.2) is 4.79 Å². The number of halogens is 6. The van der Waals surface area contributed by atoms with E-state index in [1.807, 2.05) is 0 Å². The normalized spacial score (nSPS) is 10.8. The van der Waals surface area contributed by atoms with Gasteiger partial charge in [-0.05, 0) is 30.3 Å². The molecule has 0 radical (unpaired) electrons. The van der Waals surface area contributed by atoms with E-state index in [9.17, 15) is 4.79 Å². The molecule has 3 rings (SSSR count). The molecule has 2 aromatic carbocycles. The van der Waals surface area contributed by atoms with Crippen LogP contribution in [0.15, 0.2) is 36.5 Å². The smallest absolute Gasteiger partial charge is 0.338 e. The van der Waals surface area contributed by atoms with Crippen LogP contribution in [0.25, 0.3) is 22.4 Å². The van der Waals surface area contributed by atoms with Crippen molar-refractivity contribution in [2.24, 2.45) is 0 Å². The molecule has 0 aliphatic carbocycles. The van der Waals surface area contributed by atoms with E-state index in [2.05, 4.69) is 4.98 Å². The molecular formula is C19H9Cl6NO2. The van der Waals surface area contributed by atoms with Gasteiger partial charge in [0.25, 0.3) is 0 Å². The van der Waals surface area contributed by atoms with Crippen molar-refractivity contribution in [2.45, 2.75) is 0 Å². The number of rotatable bonds is 3. The first-order valence-corrected chi connectivity index (χ1v) is 9.88. The fourth-order valence-corrected chi connectivity index (χ4v) is 3.91. The molecule has 0 aliphatic rings. The van der Waals surface area contributed by atoms with Crippen LogP contribution in [0.1, 0.15) is 10.4 Å². The minimum atomic E-state index is -0.586. The number of hydrogen-bond donors (Lipinski definition) is 0. The number of methoxy groups -OCH3 is 1. The zero-order chi connectivity index (χ0) is 20.6. The van der Waals surface area contributed by atoms with E-state index >= 15 is 0 Å². The summed E-state index contributed by atoms with van der Waals surface area (Å²) in [5.74, 6) is -0.586. The van der Waals surface area contributed by atoms with Gasteiger partial charge in [0.05, 0.1) is 48.5 Å². The highest BCUT2D eigenvalue weighted by atomic mass is 35.5. The van der Waals surface area contributed by atoms with Crippen molar-refractivity contribution in [3.05, 3.63) is 72.2 Å². The quantitative estimate of drug-likeness (QED) is 0.272. The fourth-order valence-electron chi connectivity index (χ4n) is 2.64. The van der Waals surface area contributed by atoms with Crippen LogP contribution in [0, 0.1) is 0 Å². The summed E-state index contributed by atoms with van der Waals surface area (Å²) in [6.45, 7) is 0. The summed E-state index contributed by atoms with van der Waals surface area (Å²) in [5.41, 5.74) is 1.83. The molecule has 0 fully saturated rings. The molecule has 0 atom stereocenters. The zero-order valence-electron chi connectivity index (χ0n) is 14.0. The molecule has 144 valence electrons. The summed E-state index contributed by atoms with van der Waals surface area (Å²) in [6.07, 6.45) is 1.45. The van der Waals surface area contributed by atoms with E-state index in [1.54, 1.807) is 12.1 Å².